The number of carbonyl (C=O) groups is 8. The number of rotatable bonds is 32. The number of hydrogen-bond donors (Lipinski definition) is 13. The van der Waals surface area contributed by atoms with Crippen molar-refractivity contribution in [2.45, 2.75) is 76.2 Å². The van der Waals surface area contributed by atoms with Crippen molar-refractivity contribution in [2.75, 3.05) is 110 Å². The number of amides is 5. The first-order valence-electron chi connectivity index (χ1n) is 27.3. The average Bonchev–Trinajstić information content (AvgIpc) is 3.42. The molecule has 1 aliphatic heterocycles. The van der Waals surface area contributed by atoms with Crippen molar-refractivity contribution in [2.24, 2.45) is 16.5 Å². The fraction of sp³-hybridized carbons (Fsp3) is 0.509. The second-order valence-electron chi connectivity index (χ2n) is 19.6. The van der Waals surface area contributed by atoms with Crippen molar-refractivity contribution >= 4 is 59.6 Å². The number of carbonyl (C=O) groups excluding carboxylic acids is 5. The van der Waals surface area contributed by atoms with Crippen LogP contribution in [-0.2, 0) is 40.1 Å². The number of carboxylic acids is 3. The number of unbranched alkanes of at least 4 members (excludes halogenated alkanes) is 1. The van der Waals surface area contributed by atoms with Gasteiger partial charge in [0.05, 0.1) is 31.6 Å². The highest BCUT2D eigenvalue weighted by atomic mass is 16.4. The molecule has 1 unspecified atom stereocenters. The zero-order chi connectivity index (χ0) is 58.9. The van der Waals surface area contributed by atoms with Crippen molar-refractivity contribution in [1.29, 1.82) is 0 Å². The van der Waals surface area contributed by atoms with Gasteiger partial charge in [0.2, 0.25) is 17.7 Å². The molecule has 1 aliphatic rings. The fourth-order valence-corrected chi connectivity index (χ4v) is 8.92. The fourth-order valence-electron chi connectivity index (χ4n) is 8.92. The summed E-state index contributed by atoms with van der Waals surface area (Å²) in [6.07, 6.45) is 2.66. The van der Waals surface area contributed by atoms with Gasteiger partial charge in [0.25, 0.3) is 0 Å². The molecule has 0 aromatic heterocycles. The van der Waals surface area contributed by atoms with Crippen LogP contribution >= 0.6 is 0 Å². The van der Waals surface area contributed by atoms with E-state index >= 15 is 0 Å². The number of phenolic OH excluding ortho intramolecular Hbond substituents is 1. The molecule has 4 rings (SSSR count). The molecular weight excluding hydrogens is 1050 g/mol. The topological polar surface area (TPSA) is 379 Å². The first-order valence-corrected chi connectivity index (χ1v) is 27.3. The van der Waals surface area contributed by atoms with Crippen molar-refractivity contribution in [1.82, 2.24) is 51.5 Å². The highest BCUT2D eigenvalue weighted by Crippen LogP contribution is 2.27. The van der Waals surface area contributed by atoms with Gasteiger partial charge in [0, 0.05) is 90.8 Å². The van der Waals surface area contributed by atoms with E-state index in [1.54, 1.807) is 33.8 Å². The number of aliphatic carboxylic acids is 3. The van der Waals surface area contributed by atoms with Gasteiger partial charge in [0.1, 0.15) is 18.0 Å². The molecule has 3 aromatic carbocycles. The number of carboxylic acid groups (broad SMARTS) is 3. The van der Waals surface area contributed by atoms with E-state index < -0.39 is 59.9 Å². The molecule has 26 nitrogen and oxygen atoms in total. The van der Waals surface area contributed by atoms with Crippen LogP contribution in [0.3, 0.4) is 0 Å². The molecule has 15 N–H and O–H groups in total. The summed E-state index contributed by atoms with van der Waals surface area (Å²) in [4.78, 5) is 111. The molecular formula is C55H82N14O12. The molecule has 81 heavy (non-hydrogen) atoms. The maximum Gasteiger partial charge on any atom is 0.321 e. The number of aromatic hydroxyl groups is 1. The van der Waals surface area contributed by atoms with Crippen LogP contribution in [0.5, 0.6) is 5.75 Å². The Labute approximate surface area is 472 Å². The van der Waals surface area contributed by atoms with Crippen LogP contribution in [0.25, 0.3) is 0 Å². The van der Waals surface area contributed by atoms with E-state index in [2.05, 4.69) is 42.2 Å². The summed E-state index contributed by atoms with van der Waals surface area (Å²) in [5.41, 5.74) is 15.0. The van der Waals surface area contributed by atoms with Crippen molar-refractivity contribution in [3.63, 3.8) is 0 Å². The van der Waals surface area contributed by atoms with Gasteiger partial charge < -0.3 is 63.3 Å². The first kappa shape index (κ1) is 65.8. The molecule has 4 atom stereocenters. The smallest absolute Gasteiger partial charge is 0.321 e. The number of aldehydes is 1. The van der Waals surface area contributed by atoms with Crippen LogP contribution in [0, 0.1) is 0 Å². The Morgan fingerprint density at radius 2 is 1.22 bits per heavy atom. The summed E-state index contributed by atoms with van der Waals surface area (Å²) >= 11 is 0. The second kappa shape index (κ2) is 36.5. The monoisotopic (exact) mass is 1130 g/mol. The maximum absolute atomic E-state index is 14.3. The summed E-state index contributed by atoms with van der Waals surface area (Å²) in [7, 11) is 0. The number of urea groups is 1. The highest BCUT2D eigenvalue weighted by molar-refractivity contribution is 5.95. The third-order valence-electron chi connectivity index (χ3n) is 13.3. The van der Waals surface area contributed by atoms with Gasteiger partial charge in [-0.25, -0.2) is 4.79 Å². The molecule has 0 saturated carbocycles. The highest BCUT2D eigenvalue weighted by Gasteiger charge is 2.29. The molecule has 3 aromatic rings. The van der Waals surface area contributed by atoms with Crippen LogP contribution in [0.15, 0.2) is 83.9 Å². The van der Waals surface area contributed by atoms with Crippen LogP contribution in [-0.4, -0.2) is 217 Å². The van der Waals surface area contributed by atoms with Crippen molar-refractivity contribution in [3.05, 3.63) is 95.6 Å². The van der Waals surface area contributed by atoms with Gasteiger partial charge in [-0.05, 0) is 86.5 Å². The molecule has 26 heteroatoms. The van der Waals surface area contributed by atoms with E-state index in [0.29, 0.717) is 69.4 Å². The summed E-state index contributed by atoms with van der Waals surface area (Å²) in [5.74, 6) is -5.04. The Bertz CT molecular complexity index is 2440. The average molecular weight is 1130 g/mol. The second-order valence-corrected chi connectivity index (χ2v) is 19.6. The van der Waals surface area contributed by atoms with Gasteiger partial charge >= 0.3 is 23.9 Å². The molecule has 5 amide bonds. The molecule has 1 heterocycles. The number of guanidine groups is 1. The van der Waals surface area contributed by atoms with Gasteiger partial charge in [-0.3, -0.25) is 64.0 Å². The predicted octanol–water partition coefficient (Wildman–Crippen LogP) is -0.255. The summed E-state index contributed by atoms with van der Waals surface area (Å²) in [6, 6.07) is 20.7. The van der Waals surface area contributed by atoms with E-state index in [1.807, 2.05) is 59.5 Å². The SMILES string of the molecule is CCNC(=O)NC(N)=NCCC[C@@H](NC(=O)[C@@H](c1ccccc1)c1ccc(NCCCNC(=O)[C@H](N)CCCCNC(C=O)N2CCN(CC(=O)O)CCN(CC(=O)O)CCN(CC(=O)O)CC2)cc1)C(=O)NCc1ccc(O)cc1. The molecule has 1 saturated heterocycles. The number of hydrogen-bond acceptors (Lipinski definition) is 17. The maximum atomic E-state index is 14.3. The minimum atomic E-state index is -1.05. The lowest BCUT2D eigenvalue weighted by molar-refractivity contribution is -0.140. The number of benzene rings is 3. The lowest BCUT2D eigenvalue weighted by atomic mass is 9.90. The number of nitrogens with two attached hydrogens (primary N) is 2. The zero-order valence-corrected chi connectivity index (χ0v) is 46.1. The van der Waals surface area contributed by atoms with Crippen molar-refractivity contribution < 1.29 is 58.8 Å². The van der Waals surface area contributed by atoms with Crippen LogP contribution in [0.2, 0.25) is 0 Å². The van der Waals surface area contributed by atoms with Crippen molar-refractivity contribution in [3.8, 4) is 5.75 Å². The Morgan fingerprint density at radius 3 is 1.79 bits per heavy atom. The predicted molar refractivity (Wildman–Crippen MR) is 304 cm³/mol. The third-order valence-corrected chi connectivity index (χ3v) is 13.3. The molecule has 0 bridgehead atoms. The summed E-state index contributed by atoms with van der Waals surface area (Å²) in [5, 5.41) is 58.5. The van der Waals surface area contributed by atoms with Gasteiger partial charge in [0.15, 0.2) is 12.2 Å². The largest absolute Gasteiger partial charge is 0.508 e. The minimum Gasteiger partial charge on any atom is -0.508 e. The van der Waals surface area contributed by atoms with Crippen LogP contribution in [0.1, 0.15) is 68.1 Å². The Balaban J connectivity index is 1.25. The van der Waals surface area contributed by atoms with Gasteiger partial charge in [-0.1, -0.05) is 61.0 Å². The molecule has 0 spiro atoms. The lowest BCUT2D eigenvalue weighted by Gasteiger charge is -2.35. The molecule has 444 valence electrons. The number of nitrogens with zero attached hydrogens (tertiary/aromatic N) is 5. The zero-order valence-electron chi connectivity index (χ0n) is 46.1. The molecule has 0 radical (unpaired) electrons. The summed E-state index contributed by atoms with van der Waals surface area (Å²) < 4.78 is 0. The first-order chi connectivity index (χ1) is 38.9. The van der Waals surface area contributed by atoms with Crippen LogP contribution < -0.4 is 48.7 Å². The van der Waals surface area contributed by atoms with E-state index in [9.17, 15) is 58.8 Å². The van der Waals surface area contributed by atoms with E-state index in [4.69, 9.17) is 11.5 Å². The van der Waals surface area contributed by atoms with E-state index in [0.717, 1.165) is 17.5 Å². The van der Waals surface area contributed by atoms with Crippen LogP contribution in [0.4, 0.5) is 10.5 Å². The van der Waals surface area contributed by atoms with E-state index in [-0.39, 0.29) is 109 Å². The van der Waals surface area contributed by atoms with Gasteiger partial charge in [-0.15, -0.1) is 0 Å². The standard InChI is InChI=1S/C55H82N14O12/c1-2-58-55(81)65-54(57)62-23-8-13-45(52(79)63-34-39-14-20-43(71)21-15-39)64-53(80)50(40-10-4-3-5-11-40)41-16-18-42(19-17-41)59-24-9-25-61-51(78)44(56)12-6-7-22-60-46(38-70)69-32-30-67(36-48(74)75)28-26-66(35-47(72)73)27-29-68(31-33-69)37-49(76)77/h3-5,10-11,14-21,38,44-46,50,59-60,71H,2,6-9,12-13,22-37,56H2,1H3,(H,61,78)(H,63,79)(H,64,80)(H,72,73)(H,74,75)(H,76,77)(H4,57,58,62,65,81)/t44-,45-,46?,50+/m1/s1. The molecule has 0 aliphatic carbocycles. The van der Waals surface area contributed by atoms with Gasteiger partial charge in [-0.2, -0.15) is 0 Å². The Morgan fingerprint density at radius 1 is 0.642 bits per heavy atom. The number of phenols is 1. The molecule has 1 fully saturated rings. The summed E-state index contributed by atoms with van der Waals surface area (Å²) in [6.45, 7) is 5.05. The Kier molecular flexibility index (Phi) is 29.6. The number of anilines is 1. The normalized spacial score (nSPS) is 15.8. The Hall–Kier alpha value is -7.75. The number of aliphatic imine (C=N–C) groups is 1. The lowest BCUT2D eigenvalue weighted by Crippen LogP contribution is -2.54. The third kappa shape index (κ3) is 25.9. The quantitative estimate of drug-likeness (QED) is 0.0166. The minimum absolute atomic E-state index is 0.0832. The van der Waals surface area contributed by atoms with E-state index in [1.165, 1.54) is 12.1 Å². The number of nitrogens with one attached hydrogen (secondary N) is 7.